The van der Waals surface area contributed by atoms with Gasteiger partial charge in [0.05, 0.1) is 18.3 Å². The van der Waals surface area contributed by atoms with Crippen LogP contribution in [0.4, 0.5) is 0 Å². The lowest BCUT2D eigenvalue weighted by molar-refractivity contribution is -0.00496. The molecule has 1 aliphatic carbocycles. The van der Waals surface area contributed by atoms with Crippen LogP contribution in [0, 0.1) is 17.8 Å². The second kappa shape index (κ2) is 4.89. The van der Waals surface area contributed by atoms with Crippen LogP contribution in [0.3, 0.4) is 0 Å². The maximum atomic E-state index is 10.6. The lowest BCUT2D eigenvalue weighted by Crippen LogP contribution is -2.37. The smallest absolute Gasteiger partial charge is 0.0633 e. The van der Waals surface area contributed by atoms with Gasteiger partial charge in [0.25, 0.3) is 0 Å². The van der Waals surface area contributed by atoms with E-state index in [9.17, 15) is 5.11 Å². The Morgan fingerprint density at radius 3 is 2.41 bits per heavy atom. The summed E-state index contributed by atoms with van der Waals surface area (Å²) in [7, 11) is 0. The van der Waals surface area contributed by atoms with Gasteiger partial charge in [0.1, 0.15) is 0 Å². The summed E-state index contributed by atoms with van der Waals surface area (Å²) in [5.74, 6) is 1.94. The summed E-state index contributed by atoms with van der Waals surface area (Å²) in [6.45, 7) is 2.30. The minimum atomic E-state index is -0.0805. The third-order valence-electron chi connectivity index (χ3n) is 5.54. The van der Waals surface area contributed by atoms with Gasteiger partial charge in [0.2, 0.25) is 0 Å². The third-order valence-corrected chi connectivity index (χ3v) is 5.54. The number of hydrogen-bond donors (Lipinski definition) is 1. The van der Waals surface area contributed by atoms with Crippen LogP contribution in [0.5, 0.6) is 0 Å². The fourth-order valence-corrected chi connectivity index (χ4v) is 4.32. The van der Waals surface area contributed by atoms with E-state index in [1.165, 1.54) is 44.9 Å². The van der Waals surface area contributed by atoms with Gasteiger partial charge in [0, 0.05) is 5.92 Å². The molecule has 3 aliphatic rings. The van der Waals surface area contributed by atoms with Crippen LogP contribution >= 0.6 is 0 Å². The van der Waals surface area contributed by atoms with Crippen LogP contribution in [0.15, 0.2) is 0 Å². The van der Waals surface area contributed by atoms with Crippen LogP contribution in [-0.2, 0) is 4.74 Å². The molecule has 3 rings (SSSR count). The van der Waals surface area contributed by atoms with Gasteiger partial charge in [-0.25, -0.2) is 0 Å². The molecule has 2 nitrogen and oxygen atoms in total. The van der Waals surface area contributed by atoms with Crippen molar-refractivity contribution in [3.05, 3.63) is 0 Å². The van der Waals surface area contributed by atoms with E-state index in [1.807, 2.05) is 0 Å². The number of fused-ring (bicyclic) bond motifs is 2. The molecule has 1 N–H and O–H groups in total. The van der Waals surface area contributed by atoms with Crippen molar-refractivity contribution in [2.24, 2.45) is 17.8 Å². The van der Waals surface area contributed by atoms with Crippen molar-refractivity contribution in [1.29, 1.82) is 0 Å². The molecule has 0 aromatic rings. The quantitative estimate of drug-likeness (QED) is 0.818. The predicted molar refractivity (Wildman–Crippen MR) is 67.7 cm³/mol. The molecular formula is C15H26O2. The highest BCUT2D eigenvalue weighted by Gasteiger charge is 2.46. The highest BCUT2D eigenvalue weighted by atomic mass is 16.5. The van der Waals surface area contributed by atoms with E-state index in [0.29, 0.717) is 24.0 Å². The van der Waals surface area contributed by atoms with Gasteiger partial charge in [-0.2, -0.15) is 0 Å². The molecule has 2 heteroatoms. The average Bonchev–Trinajstić information content (AvgIpc) is 3.00. The zero-order valence-electron chi connectivity index (χ0n) is 11.0. The largest absolute Gasteiger partial charge is 0.392 e. The molecule has 4 unspecified atom stereocenters. The molecule has 0 amide bonds. The van der Waals surface area contributed by atoms with Gasteiger partial charge in [-0.3, -0.25) is 0 Å². The molecule has 2 bridgehead atoms. The second-order valence-corrected chi connectivity index (χ2v) is 6.45. The maximum absolute atomic E-state index is 10.6. The highest BCUT2D eigenvalue weighted by molar-refractivity contribution is 4.95. The Bertz CT molecular complexity index is 258. The Morgan fingerprint density at radius 1 is 1.12 bits per heavy atom. The number of hydrogen-bond acceptors (Lipinski definition) is 2. The summed E-state index contributed by atoms with van der Waals surface area (Å²) in [5, 5.41) is 10.6. The Morgan fingerprint density at radius 2 is 1.88 bits per heavy atom. The van der Waals surface area contributed by atoms with Gasteiger partial charge in [-0.05, 0) is 43.9 Å². The van der Waals surface area contributed by atoms with Gasteiger partial charge in [-0.15, -0.1) is 0 Å². The lowest BCUT2D eigenvalue weighted by atomic mass is 9.72. The molecule has 4 atom stereocenters. The monoisotopic (exact) mass is 238 g/mol. The number of aliphatic hydroxyl groups excluding tert-OH is 1. The standard InChI is InChI=1S/C15H26O2/c1-2-10-3-5-11(6-4-10)15(16)13-9-12-7-8-14(13)17-12/h10-16H,2-9H2,1H3. The predicted octanol–water partition coefficient (Wildman–Crippen LogP) is 3.13. The summed E-state index contributed by atoms with van der Waals surface area (Å²) < 4.78 is 5.88. The first kappa shape index (κ1) is 12.0. The van der Waals surface area contributed by atoms with Gasteiger partial charge in [-0.1, -0.05) is 26.2 Å². The first-order valence-electron chi connectivity index (χ1n) is 7.61. The Hall–Kier alpha value is -0.0800. The maximum Gasteiger partial charge on any atom is 0.0633 e. The molecule has 17 heavy (non-hydrogen) atoms. The van der Waals surface area contributed by atoms with Crippen molar-refractivity contribution < 1.29 is 9.84 Å². The van der Waals surface area contributed by atoms with Crippen molar-refractivity contribution in [3.8, 4) is 0 Å². The van der Waals surface area contributed by atoms with Gasteiger partial charge >= 0.3 is 0 Å². The summed E-state index contributed by atoms with van der Waals surface area (Å²) in [5.41, 5.74) is 0. The molecule has 0 aromatic carbocycles. The molecule has 0 aromatic heterocycles. The fraction of sp³-hybridized carbons (Fsp3) is 1.00. The molecule has 2 heterocycles. The van der Waals surface area contributed by atoms with E-state index in [1.54, 1.807) is 0 Å². The summed E-state index contributed by atoms with van der Waals surface area (Å²) in [6.07, 6.45) is 10.8. The van der Waals surface area contributed by atoms with Crippen LogP contribution in [-0.4, -0.2) is 23.4 Å². The number of rotatable bonds is 3. The summed E-state index contributed by atoms with van der Waals surface area (Å²) in [6, 6.07) is 0. The van der Waals surface area contributed by atoms with Crippen LogP contribution < -0.4 is 0 Å². The van der Waals surface area contributed by atoms with Crippen molar-refractivity contribution >= 4 is 0 Å². The fourth-order valence-electron chi connectivity index (χ4n) is 4.32. The van der Waals surface area contributed by atoms with Crippen LogP contribution in [0.25, 0.3) is 0 Å². The molecule has 98 valence electrons. The zero-order valence-corrected chi connectivity index (χ0v) is 11.0. The Kier molecular flexibility index (Phi) is 3.45. The lowest BCUT2D eigenvalue weighted by Gasteiger charge is -2.35. The van der Waals surface area contributed by atoms with E-state index >= 15 is 0 Å². The molecule has 0 radical (unpaired) electrons. The molecule has 0 spiro atoms. The second-order valence-electron chi connectivity index (χ2n) is 6.45. The topological polar surface area (TPSA) is 29.5 Å². The first-order valence-corrected chi connectivity index (χ1v) is 7.61. The van der Waals surface area contributed by atoms with Crippen molar-refractivity contribution in [2.75, 3.05) is 0 Å². The summed E-state index contributed by atoms with van der Waals surface area (Å²) in [4.78, 5) is 0. The zero-order chi connectivity index (χ0) is 11.8. The van der Waals surface area contributed by atoms with Gasteiger partial charge in [0.15, 0.2) is 0 Å². The Balaban J connectivity index is 1.54. The van der Waals surface area contributed by atoms with E-state index in [0.717, 1.165) is 12.3 Å². The molecule has 1 saturated carbocycles. The first-order chi connectivity index (χ1) is 8.28. The number of ether oxygens (including phenoxy) is 1. The van der Waals surface area contributed by atoms with E-state index in [-0.39, 0.29) is 6.10 Å². The van der Waals surface area contributed by atoms with E-state index < -0.39 is 0 Å². The third kappa shape index (κ3) is 2.26. The van der Waals surface area contributed by atoms with E-state index in [2.05, 4.69) is 6.92 Å². The van der Waals surface area contributed by atoms with Crippen LogP contribution in [0.2, 0.25) is 0 Å². The average molecular weight is 238 g/mol. The van der Waals surface area contributed by atoms with E-state index in [4.69, 9.17) is 4.74 Å². The molecule has 3 fully saturated rings. The van der Waals surface area contributed by atoms with Crippen molar-refractivity contribution in [1.82, 2.24) is 0 Å². The normalized spacial score (nSPS) is 47.3. The highest BCUT2D eigenvalue weighted by Crippen LogP contribution is 2.44. The molecule has 2 aliphatic heterocycles. The minimum absolute atomic E-state index is 0.0805. The van der Waals surface area contributed by atoms with Crippen LogP contribution in [0.1, 0.15) is 58.3 Å². The van der Waals surface area contributed by atoms with Gasteiger partial charge < -0.3 is 9.84 Å². The number of aliphatic hydroxyl groups is 1. The summed E-state index contributed by atoms with van der Waals surface area (Å²) >= 11 is 0. The minimum Gasteiger partial charge on any atom is -0.392 e. The van der Waals surface area contributed by atoms with Crippen molar-refractivity contribution in [3.63, 3.8) is 0 Å². The molecular weight excluding hydrogens is 212 g/mol. The SMILES string of the molecule is CCC1CCC(C(O)C2CC3CCC2O3)CC1. The molecule has 2 saturated heterocycles. The van der Waals surface area contributed by atoms with Crippen molar-refractivity contribution in [2.45, 2.75) is 76.6 Å². The Labute approximate surface area is 105 Å².